The first-order chi connectivity index (χ1) is 9.67. The Balaban J connectivity index is 1.93. The van der Waals surface area contributed by atoms with E-state index in [9.17, 15) is 0 Å². The lowest BCUT2D eigenvalue weighted by Gasteiger charge is -2.42. The van der Waals surface area contributed by atoms with Crippen molar-refractivity contribution in [2.45, 2.75) is 46.1 Å². The van der Waals surface area contributed by atoms with E-state index < -0.39 is 0 Å². The molecule has 1 aliphatic heterocycles. The molecular weight excluding hydrogens is 252 g/mol. The van der Waals surface area contributed by atoms with E-state index in [0.29, 0.717) is 12.0 Å². The van der Waals surface area contributed by atoms with Gasteiger partial charge in [0, 0.05) is 26.2 Å². The number of hydrogen-bond donors (Lipinski definition) is 1. The predicted molar refractivity (Wildman–Crippen MR) is 80.5 cm³/mol. The molecule has 1 N–H and O–H groups in total. The first kappa shape index (κ1) is 14.9. The number of nitrogens with zero attached hydrogens (tertiary/aromatic N) is 3. The molecule has 1 aromatic rings. The Bertz CT molecular complexity index is 425. The standard InChI is InChI=1S/C15H26N4O/c1-4-7-15(2)8-5-9-19(12-15)14(16-3)17-11-13-6-10-20-18-13/h6,10H,4-5,7-9,11-12H2,1-3H3,(H,16,17). The highest BCUT2D eigenvalue weighted by molar-refractivity contribution is 5.80. The number of nitrogens with one attached hydrogen (secondary N) is 1. The minimum atomic E-state index is 0.415. The van der Waals surface area contributed by atoms with E-state index in [0.717, 1.165) is 24.7 Å². The summed E-state index contributed by atoms with van der Waals surface area (Å²) in [5, 5.41) is 7.29. The van der Waals surface area contributed by atoms with E-state index in [1.165, 1.54) is 25.7 Å². The van der Waals surface area contributed by atoms with Gasteiger partial charge >= 0.3 is 0 Å². The summed E-state index contributed by atoms with van der Waals surface area (Å²) in [6.45, 7) is 7.48. The van der Waals surface area contributed by atoms with Crippen molar-refractivity contribution in [1.82, 2.24) is 15.4 Å². The molecule has 0 spiro atoms. The van der Waals surface area contributed by atoms with Crippen LogP contribution in [-0.2, 0) is 6.54 Å². The maximum atomic E-state index is 4.85. The summed E-state index contributed by atoms with van der Waals surface area (Å²) < 4.78 is 4.85. The SMILES string of the molecule is CCCC1(C)CCCN(C(=NC)NCc2ccon2)C1. The molecule has 1 unspecified atom stereocenters. The molecule has 0 amide bonds. The fraction of sp³-hybridized carbons (Fsp3) is 0.733. The van der Waals surface area contributed by atoms with Crippen molar-refractivity contribution in [2.24, 2.45) is 10.4 Å². The zero-order chi connectivity index (χ0) is 14.4. The van der Waals surface area contributed by atoms with Gasteiger partial charge in [-0.05, 0) is 24.7 Å². The number of hydrogen-bond acceptors (Lipinski definition) is 3. The van der Waals surface area contributed by atoms with Crippen molar-refractivity contribution in [3.63, 3.8) is 0 Å². The van der Waals surface area contributed by atoms with Gasteiger partial charge in [0.25, 0.3) is 0 Å². The van der Waals surface area contributed by atoms with Gasteiger partial charge in [0.2, 0.25) is 0 Å². The van der Waals surface area contributed by atoms with Crippen LogP contribution >= 0.6 is 0 Å². The van der Waals surface area contributed by atoms with Crippen molar-refractivity contribution >= 4 is 5.96 Å². The van der Waals surface area contributed by atoms with Crippen LogP contribution in [0.5, 0.6) is 0 Å². The van der Waals surface area contributed by atoms with Crippen LogP contribution in [0.3, 0.4) is 0 Å². The highest BCUT2D eigenvalue weighted by Gasteiger charge is 2.31. The van der Waals surface area contributed by atoms with Gasteiger partial charge in [-0.25, -0.2) is 0 Å². The fourth-order valence-electron chi connectivity index (χ4n) is 3.13. The summed E-state index contributed by atoms with van der Waals surface area (Å²) in [7, 11) is 1.84. The summed E-state index contributed by atoms with van der Waals surface area (Å²) >= 11 is 0. The second kappa shape index (κ2) is 6.77. The predicted octanol–water partition coefficient (Wildman–Crippen LogP) is 2.65. The number of piperidine rings is 1. The number of aromatic nitrogens is 1. The molecule has 1 fully saturated rings. The molecule has 20 heavy (non-hydrogen) atoms. The maximum Gasteiger partial charge on any atom is 0.193 e. The second-order valence-corrected chi connectivity index (χ2v) is 5.98. The van der Waals surface area contributed by atoms with Crippen molar-refractivity contribution in [3.05, 3.63) is 18.0 Å². The molecule has 0 aromatic carbocycles. The van der Waals surface area contributed by atoms with Crippen LogP contribution < -0.4 is 5.32 Å². The Morgan fingerprint density at radius 2 is 2.45 bits per heavy atom. The molecule has 2 heterocycles. The van der Waals surface area contributed by atoms with Crippen molar-refractivity contribution in [3.8, 4) is 0 Å². The first-order valence-corrected chi connectivity index (χ1v) is 7.52. The zero-order valence-corrected chi connectivity index (χ0v) is 12.9. The lowest BCUT2D eigenvalue weighted by molar-refractivity contribution is 0.142. The number of rotatable bonds is 4. The quantitative estimate of drug-likeness (QED) is 0.679. The maximum absolute atomic E-state index is 4.85. The lowest BCUT2D eigenvalue weighted by atomic mass is 9.78. The van der Waals surface area contributed by atoms with Gasteiger partial charge in [-0.3, -0.25) is 4.99 Å². The van der Waals surface area contributed by atoms with Crippen LogP contribution in [0.15, 0.2) is 21.8 Å². The molecule has 2 rings (SSSR count). The van der Waals surface area contributed by atoms with Gasteiger partial charge in [-0.15, -0.1) is 0 Å². The zero-order valence-electron chi connectivity index (χ0n) is 12.9. The third kappa shape index (κ3) is 3.74. The van der Waals surface area contributed by atoms with Crippen LogP contribution in [0, 0.1) is 5.41 Å². The third-order valence-electron chi connectivity index (χ3n) is 4.06. The van der Waals surface area contributed by atoms with Gasteiger partial charge in [0.1, 0.15) is 12.0 Å². The van der Waals surface area contributed by atoms with Gasteiger partial charge in [-0.1, -0.05) is 25.4 Å². The average molecular weight is 278 g/mol. The minimum Gasteiger partial charge on any atom is -0.364 e. The highest BCUT2D eigenvalue weighted by Crippen LogP contribution is 2.33. The molecule has 0 aliphatic carbocycles. The van der Waals surface area contributed by atoms with E-state index in [1.807, 2.05) is 13.1 Å². The van der Waals surface area contributed by atoms with Gasteiger partial charge in [-0.2, -0.15) is 0 Å². The van der Waals surface area contributed by atoms with Crippen LogP contribution in [0.2, 0.25) is 0 Å². The normalized spacial score (nSPS) is 23.9. The third-order valence-corrected chi connectivity index (χ3v) is 4.06. The molecule has 1 atom stereocenters. The lowest BCUT2D eigenvalue weighted by Crippen LogP contribution is -2.49. The summed E-state index contributed by atoms with van der Waals surface area (Å²) in [6.07, 6.45) is 6.68. The Labute approximate surface area is 121 Å². The van der Waals surface area contributed by atoms with E-state index in [4.69, 9.17) is 4.52 Å². The Morgan fingerprint density at radius 1 is 1.60 bits per heavy atom. The first-order valence-electron chi connectivity index (χ1n) is 7.52. The molecule has 0 radical (unpaired) electrons. The summed E-state index contributed by atoms with van der Waals surface area (Å²) in [6, 6.07) is 1.87. The molecule has 1 aliphatic rings. The summed E-state index contributed by atoms with van der Waals surface area (Å²) in [4.78, 5) is 6.78. The molecule has 1 aromatic heterocycles. The summed E-state index contributed by atoms with van der Waals surface area (Å²) in [5.41, 5.74) is 1.32. The van der Waals surface area contributed by atoms with Gasteiger partial charge in [0.05, 0.1) is 6.54 Å². The van der Waals surface area contributed by atoms with Gasteiger partial charge in [0.15, 0.2) is 5.96 Å². The molecule has 5 nitrogen and oxygen atoms in total. The molecule has 0 saturated carbocycles. The topological polar surface area (TPSA) is 53.7 Å². The Hall–Kier alpha value is -1.52. The van der Waals surface area contributed by atoms with E-state index in [2.05, 4.69) is 34.2 Å². The molecule has 0 bridgehead atoms. The Kier molecular flexibility index (Phi) is 5.04. The molecule has 5 heteroatoms. The van der Waals surface area contributed by atoms with E-state index in [-0.39, 0.29) is 0 Å². The molecule has 1 saturated heterocycles. The Morgan fingerprint density at radius 3 is 3.10 bits per heavy atom. The van der Waals surface area contributed by atoms with Crippen LogP contribution in [0.1, 0.15) is 45.2 Å². The highest BCUT2D eigenvalue weighted by atomic mass is 16.5. The van der Waals surface area contributed by atoms with Crippen LogP contribution in [-0.4, -0.2) is 36.2 Å². The van der Waals surface area contributed by atoms with Gasteiger partial charge < -0.3 is 14.7 Å². The van der Waals surface area contributed by atoms with E-state index in [1.54, 1.807) is 6.26 Å². The number of likely N-dealkylation sites (tertiary alicyclic amines) is 1. The average Bonchev–Trinajstić information content (AvgIpc) is 2.93. The van der Waals surface area contributed by atoms with Crippen molar-refractivity contribution in [2.75, 3.05) is 20.1 Å². The largest absolute Gasteiger partial charge is 0.364 e. The smallest absolute Gasteiger partial charge is 0.193 e. The monoisotopic (exact) mass is 278 g/mol. The second-order valence-electron chi connectivity index (χ2n) is 5.98. The number of guanidine groups is 1. The van der Waals surface area contributed by atoms with Crippen molar-refractivity contribution in [1.29, 1.82) is 0 Å². The summed E-state index contributed by atoms with van der Waals surface area (Å²) in [5.74, 6) is 0.968. The molecule has 112 valence electrons. The minimum absolute atomic E-state index is 0.415. The van der Waals surface area contributed by atoms with Crippen molar-refractivity contribution < 1.29 is 4.52 Å². The van der Waals surface area contributed by atoms with Crippen LogP contribution in [0.4, 0.5) is 0 Å². The number of aliphatic imine (C=N–C) groups is 1. The van der Waals surface area contributed by atoms with Crippen LogP contribution in [0.25, 0.3) is 0 Å². The fourth-order valence-corrected chi connectivity index (χ4v) is 3.13. The molecular formula is C15H26N4O. The van der Waals surface area contributed by atoms with E-state index >= 15 is 0 Å².